The summed E-state index contributed by atoms with van der Waals surface area (Å²) in [6.07, 6.45) is 0.117. The van der Waals surface area contributed by atoms with Crippen molar-refractivity contribution >= 4 is 34.5 Å². The zero-order chi connectivity index (χ0) is 24.1. The lowest BCUT2D eigenvalue weighted by Crippen LogP contribution is -2.17. The monoisotopic (exact) mass is 453 g/mol. The fraction of sp³-hybridized carbons (Fsp3) is 0.250. The molecule has 0 radical (unpaired) electrons. The van der Waals surface area contributed by atoms with Crippen LogP contribution in [0.2, 0.25) is 0 Å². The number of nitrogens with one attached hydrogen (secondary N) is 1. The molecular weight excluding hydrogens is 430 g/mol. The number of hydrogen-bond acceptors (Lipinski definition) is 8. The maximum atomic E-state index is 12.6. The van der Waals surface area contributed by atoms with Crippen LogP contribution in [-0.4, -0.2) is 39.2 Å². The first-order valence-corrected chi connectivity index (χ1v) is 9.99. The van der Waals surface area contributed by atoms with Crippen LogP contribution < -0.4 is 15.7 Å². The lowest BCUT2D eigenvalue weighted by molar-refractivity contribution is -0.116. The number of aryl methyl sites for hydroxylation is 1. The molecule has 0 aliphatic heterocycles. The van der Waals surface area contributed by atoms with E-state index >= 15 is 0 Å². The summed E-state index contributed by atoms with van der Waals surface area (Å²) < 4.78 is 19.9. The summed E-state index contributed by atoms with van der Waals surface area (Å²) in [6, 6.07) is 9.28. The van der Waals surface area contributed by atoms with Crippen LogP contribution in [0.25, 0.3) is 11.0 Å². The summed E-state index contributed by atoms with van der Waals surface area (Å²) in [4.78, 5) is 48.9. The minimum Gasteiger partial charge on any atom is -0.497 e. The second-order valence-corrected chi connectivity index (χ2v) is 7.19. The molecule has 33 heavy (non-hydrogen) atoms. The highest BCUT2D eigenvalue weighted by Crippen LogP contribution is 2.24. The molecule has 1 N–H and O–H groups in total. The molecule has 0 spiro atoms. The Balaban J connectivity index is 1.80. The molecule has 0 atom stereocenters. The summed E-state index contributed by atoms with van der Waals surface area (Å²) in [5.74, 6) is -1.19. The zero-order valence-electron chi connectivity index (χ0n) is 18.6. The van der Waals surface area contributed by atoms with Crippen molar-refractivity contribution in [3.63, 3.8) is 0 Å². The second kappa shape index (κ2) is 9.99. The van der Waals surface area contributed by atoms with Crippen LogP contribution in [0, 0.1) is 6.92 Å². The standard InChI is InChI=1S/C24H23NO8/c1-13-18-6-5-17(30-2)12-20(18)33-24(29)19(13)7-8-21(26)25-16-10-14(22(27)31-3)9-15(11-16)23(28)32-4/h5-6,9-12H,7-8H2,1-4H3,(H,25,26). The third-order valence-corrected chi connectivity index (χ3v) is 5.16. The van der Waals surface area contributed by atoms with Crippen LogP contribution in [0.3, 0.4) is 0 Å². The first-order valence-electron chi connectivity index (χ1n) is 9.99. The number of anilines is 1. The number of rotatable bonds is 7. The normalized spacial score (nSPS) is 10.5. The van der Waals surface area contributed by atoms with Gasteiger partial charge in [0.1, 0.15) is 11.3 Å². The zero-order valence-corrected chi connectivity index (χ0v) is 18.6. The summed E-state index contributed by atoms with van der Waals surface area (Å²) in [5.41, 5.74) is 1.37. The minimum absolute atomic E-state index is 0.0245. The van der Waals surface area contributed by atoms with E-state index in [0.29, 0.717) is 16.9 Å². The molecule has 172 valence electrons. The van der Waals surface area contributed by atoms with Crippen LogP contribution in [-0.2, 0) is 20.7 Å². The van der Waals surface area contributed by atoms with Gasteiger partial charge in [0.2, 0.25) is 5.91 Å². The predicted molar refractivity (Wildman–Crippen MR) is 120 cm³/mol. The predicted octanol–water partition coefficient (Wildman–Crippen LogP) is 3.25. The number of hydrogen-bond donors (Lipinski definition) is 1. The summed E-state index contributed by atoms with van der Waals surface area (Å²) in [7, 11) is 3.94. The quantitative estimate of drug-likeness (QED) is 0.427. The van der Waals surface area contributed by atoms with Gasteiger partial charge in [-0.25, -0.2) is 14.4 Å². The van der Waals surface area contributed by atoms with Gasteiger partial charge in [0.25, 0.3) is 0 Å². The third kappa shape index (κ3) is 5.20. The number of carbonyl (C=O) groups excluding carboxylic acids is 3. The van der Waals surface area contributed by atoms with E-state index < -0.39 is 23.5 Å². The van der Waals surface area contributed by atoms with E-state index in [9.17, 15) is 19.2 Å². The molecule has 0 aliphatic rings. The smallest absolute Gasteiger partial charge is 0.339 e. The number of esters is 2. The molecule has 3 aromatic rings. The van der Waals surface area contributed by atoms with Crippen molar-refractivity contribution in [2.24, 2.45) is 0 Å². The van der Waals surface area contributed by atoms with Crippen LogP contribution in [0.5, 0.6) is 5.75 Å². The van der Waals surface area contributed by atoms with Crippen LogP contribution in [0.4, 0.5) is 5.69 Å². The van der Waals surface area contributed by atoms with Crippen LogP contribution in [0.15, 0.2) is 45.6 Å². The van der Waals surface area contributed by atoms with Gasteiger partial charge in [-0.15, -0.1) is 0 Å². The Morgan fingerprint density at radius 3 is 2.15 bits per heavy atom. The molecule has 0 fully saturated rings. The Labute approximate surface area is 189 Å². The molecule has 3 rings (SSSR count). The van der Waals surface area contributed by atoms with Gasteiger partial charge in [-0.1, -0.05) is 0 Å². The Bertz CT molecular complexity index is 1260. The molecule has 1 heterocycles. The van der Waals surface area contributed by atoms with Gasteiger partial charge in [0.05, 0.1) is 32.5 Å². The fourth-order valence-electron chi connectivity index (χ4n) is 3.42. The molecule has 0 saturated heterocycles. The maximum Gasteiger partial charge on any atom is 0.339 e. The molecule has 2 aromatic carbocycles. The van der Waals surface area contributed by atoms with Crippen molar-refractivity contribution < 1.29 is 33.0 Å². The van der Waals surface area contributed by atoms with Crippen molar-refractivity contribution in [3.05, 3.63) is 69.1 Å². The largest absolute Gasteiger partial charge is 0.497 e. The molecule has 9 nitrogen and oxygen atoms in total. The first kappa shape index (κ1) is 23.5. The van der Waals surface area contributed by atoms with E-state index in [-0.39, 0.29) is 29.7 Å². The maximum absolute atomic E-state index is 12.6. The number of ether oxygens (including phenoxy) is 3. The average Bonchev–Trinajstić information content (AvgIpc) is 2.82. The van der Waals surface area contributed by atoms with Gasteiger partial charge in [-0.2, -0.15) is 0 Å². The third-order valence-electron chi connectivity index (χ3n) is 5.16. The summed E-state index contributed by atoms with van der Waals surface area (Å²) >= 11 is 0. The van der Waals surface area contributed by atoms with Crippen molar-refractivity contribution in [2.45, 2.75) is 19.8 Å². The highest BCUT2D eigenvalue weighted by atomic mass is 16.5. The van der Waals surface area contributed by atoms with Gasteiger partial charge in [-0.05, 0) is 49.2 Å². The highest BCUT2D eigenvalue weighted by Gasteiger charge is 2.17. The van der Waals surface area contributed by atoms with Crippen molar-refractivity contribution in [1.82, 2.24) is 0 Å². The molecule has 1 amide bonds. The molecule has 0 unspecified atom stereocenters. The van der Waals surface area contributed by atoms with E-state index in [2.05, 4.69) is 14.8 Å². The van der Waals surface area contributed by atoms with Gasteiger partial charge >= 0.3 is 17.6 Å². The van der Waals surface area contributed by atoms with E-state index in [1.54, 1.807) is 25.1 Å². The summed E-state index contributed by atoms with van der Waals surface area (Å²) in [5, 5.41) is 3.39. The number of methoxy groups -OCH3 is 3. The number of fused-ring (bicyclic) bond motifs is 1. The van der Waals surface area contributed by atoms with E-state index in [4.69, 9.17) is 9.15 Å². The van der Waals surface area contributed by atoms with E-state index in [1.807, 2.05) is 0 Å². The summed E-state index contributed by atoms with van der Waals surface area (Å²) in [6.45, 7) is 1.79. The molecule has 9 heteroatoms. The first-order chi connectivity index (χ1) is 15.8. The van der Waals surface area contributed by atoms with Gasteiger partial charge in [-0.3, -0.25) is 4.79 Å². The highest BCUT2D eigenvalue weighted by molar-refractivity contribution is 5.99. The number of benzene rings is 2. The lowest BCUT2D eigenvalue weighted by atomic mass is 10.0. The van der Waals surface area contributed by atoms with Crippen LogP contribution >= 0.6 is 0 Å². The van der Waals surface area contributed by atoms with E-state index in [0.717, 1.165) is 10.9 Å². The SMILES string of the molecule is COC(=O)c1cc(NC(=O)CCc2c(C)c3ccc(OC)cc3oc2=O)cc(C(=O)OC)c1. The van der Waals surface area contributed by atoms with Crippen molar-refractivity contribution in [3.8, 4) is 5.75 Å². The Hall–Kier alpha value is -4.14. The Morgan fingerprint density at radius 1 is 0.939 bits per heavy atom. The topological polar surface area (TPSA) is 121 Å². The van der Waals surface area contributed by atoms with Gasteiger partial charge in [0, 0.05) is 29.1 Å². The Kier molecular flexibility index (Phi) is 7.12. The minimum atomic E-state index is -0.669. The molecular formula is C24H23NO8. The number of carbonyl (C=O) groups is 3. The Morgan fingerprint density at radius 2 is 1.58 bits per heavy atom. The molecule has 0 saturated carbocycles. The second-order valence-electron chi connectivity index (χ2n) is 7.19. The molecule has 0 bridgehead atoms. The van der Waals surface area contributed by atoms with Crippen molar-refractivity contribution in [1.29, 1.82) is 0 Å². The average molecular weight is 453 g/mol. The molecule has 0 aliphatic carbocycles. The number of amides is 1. The van der Waals surface area contributed by atoms with Crippen LogP contribution in [0.1, 0.15) is 38.3 Å². The molecule has 1 aromatic heterocycles. The van der Waals surface area contributed by atoms with E-state index in [1.165, 1.54) is 39.5 Å². The van der Waals surface area contributed by atoms with Crippen molar-refractivity contribution in [2.75, 3.05) is 26.6 Å². The van der Waals surface area contributed by atoms with Gasteiger partial charge in [0.15, 0.2) is 0 Å². The lowest BCUT2D eigenvalue weighted by Gasteiger charge is -2.11. The van der Waals surface area contributed by atoms with Gasteiger partial charge < -0.3 is 23.9 Å². The fourth-order valence-corrected chi connectivity index (χ4v) is 3.42.